The van der Waals surface area contributed by atoms with Gasteiger partial charge in [0.25, 0.3) is 5.91 Å². The Balaban J connectivity index is 1.88. The van der Waals surface area contributed by atoms with Crippen LogP contribution < -0.4 is 11.1 Å². The van der Waals surface area contributed by atoms with Gasteiger partial charge in [0.05, 0.1) is 5.69 Å². The molecular weight excluding hydrogens is 290 g/mol. The molecule has 1 aromatic heterocycles. The minimum Gasteiger partial charge on any atom is -0.382 e. The Morgan fingerprint density at radius 3 is 2.57 bits per heavy atom. The molecule has 1 heterocycles. The van der Waals surface area contributed by atoms with Crippen molar-refractivity contribution >= 4 is 17.4 Å². The number of amides is 1. The molecule has 0 saturated carbocycles. The van der Waals surface area contributed by atoms with Crippen LogP contribution in [0, 0.1) is 0 Å². The molecule has 0 saturated heterocycles. The van der Waals surface area contributed by atoms with Gasteiger partial charge in [0, 0.05) is 5.69 Å². The number of nitrogens with one attached hydrogen (secondary N) is 1. The van der Waals surface area contributed by atoms with E-state index in [1.54, 1.807) is 0 Å². The van der Waals surface area contributed by atoms with Crippen LogP contribution in [0.3, 0.4) is 0 Å². The maximum Gasteiger partial charge on any atom is 0.280 e. The monoisotopic (exact) mass is 307 g/mol. The SMILES string of the molecule is CCc1ccccc1NC(=O)c1nnn(-c2ccccc2)c1N. The quantitative estimate of drug-likeness (QED) is 0.776. The zero-order chi connectivity index (χ0) is 16.2. The largest absolute Gasteiger partial charge is 0.382 e. The predicted octanol–water partition coefficient (Wildman–Crippen LogP) is 2.66. The van der Waals surface area contributed by atoms with Crippen LogP contribution in [0.1, 0.15) is 23.0 Å². The van der Waals surface area contributed by atoms with E-state index in [-0.39, 0.29) is 17.4 Å². The first-order valence-corrected chi connectivity index (χ1v) is 7.36. The second kappa shape index (κ2) is 6.31. The van der Waals surface area contributed by atoms with Gasteiger partial charge in [0.15, 0.2) is 11.5 Å². The van der Waals surface area contributed by atoms with Crippen LogP contribution in [0.15, 0.2) is 54.6 Å². The number of hydrogen-bond acceptors (Lipinski definition) is 4. The molecule has 0 aliphatic carbocycles. The molecule has 0 radical (unpaired) electrons. The lowest BCUT2D eigenvalue weighted by Gasteiger charge is -2.08. The summed E-state index contributed by atoms with van der Waals surface area (Å²) in [5.41, 5.74) is 8.71. The summed E-state index contributed by atoms with van der Waals surface area (Å²) in [6.45, 7) is 2.03. The standard InChI is InChI=1S/C17H17N5O/c1-2-12-8-6-7-11-14(12)19-17(23)15-16(18)22(21-20-15)13-9-4-3-5-10-13/h3-11H,2,18H2,1H3,(H,19,23). The Kier molecular flexibility index (Phi) is 4.05. The van der Waals surface area contributed by atoms with E-state index in [4.69, 9.17) is 5.73 Å². The van der Waals surface area contributed by atoms with E-state index in [1.807, 2.05) is 61.5 Å². The molecule has 3 rings (SSSR count). The number of aryl methyl sites for hydroxylation is 1. The molecule has 0 atom stereocenters. The third kappa shape index (κ3) is 2.91. The minimum absolute atomic E-state index is 0.111. The molecule has 2 aromatic carbocycles. The fraction of sp³-hybridized carbons (Fsp3) is 0.118. The number of nitrogen functional groups attached to an aromatic ring is 1. The minimum atomic E-state index is -0.370. The van der Waals surface area contributed by atoms with Crippen LogP contribution in [0.5, 0.6) is 0 Å². The summed E-state index contributed by atoms with van der Waals surface area (Å²) in [5, 5.41) is 10.7. The molecule has 116 valence electrons. The fourth-order valence-corrected chi connectivity index (χ4v) is 2.34. The lowest BCUT2D eigenvalue weighted by Crippen LogP contribution is -2.16. The van der Waals surface area contributed by atoms with Crippen molar-refractivity contribution in [2.24, 2.45) is 0 Å². The molecule has 23 heavy (non-hydrogen) atoms. The van der Waals surface area contributed by atoms with E-state index in [1.165, 1.54) is 4.68 Å². The smallest absolute Gasteiger partial charge is 0.280 e. The van der Waals surface area contributed by atoms with Gasteiger partial charge in [0.2, 0.25) is 0 Å². The highest BCUT2D eigenvalue weighted by atomic mass is 16.2. The average molecular weight is 307 g/mol. The topological polar surface area (TPSA) is 85.8 Å². The normalized spacial score (nSPS) is 10.5. The summed E-state index contributed by atoms with van der Waals surface area (Å²) in [6, 6.07) is 17.0. The van der Waals surface area contributed by atoms with Crippen molar-refractivity contribution in [1.29, 1.82) is 0 Å². The number of hydrogen-bond donors (Lipinski definition) is 2. The van der Waals surface area contributed by atoms with E-state index in [0.717, 1.165) is 23.4 Å². The van der Waals surface area contributed by atoms with Crippen molar-refractivity contribution in [2.45, 2.75) is 13.3 Å². The highest BCUT2D eigenvalue weighted by Gasteiger charge is 2.19. The first-order chi connectivity index (χ1) is 11.2. The Hall–Kier alpha value is -3.15. The zero-order valence-corrected chi connectivity index (χ0v) is 12.7. The Labute approximate surface area is 133 Å². The van der Waals surface area contributed by atoms with Gasteiger partial charge in [-0.05, 0) is 30.2 Å². The van der Waals surface area contributed by atoms with Gasteiger partial charge in [0.1, 0.15) is 0 Å². The third-order valence-electron chi connectivity index (χ3n) is 3.57. The highest BCUT2D eigenvalue weighted by Crippen LogP contribution is 2.19. The number of para-hydroxylation sites is 2. The van der Waals surface area contributed by atoms with Crippen LogP contribution in [0.4, 0.5) is 11.5 Å². The van der Waals surface area contributed by atoms with Gasteiger partial charge < -0.3 is 11.1 Å². The Morgan fingerprint density at radius 2 is 1.83 bits per heavy atom. The average Bonchev–Trinajstić information content (AvgIpc) is 2.98. The number of benzene rings is 2. The molecule has 0 aliphatic heterocycles. The molecule has 3 aromatic rings. The van der Waals surface area contributed by atoms with Crippen LogP contribution in [-0.2, 0) is 6.42 Å². The Morgan fingerprint density at radius 1 is 1.13 bits per heavy atom. The van der Waals surface area contributed by atoms with Crippen LogP contribution in [0.2, 0.25) is 0 Å². The fourth-order valence-electron chi connectivity index (χ4n) is 2.34. The van der Waals surface area contributed by atoms with Crippen molar-refractivity contribution < 1.29 is 4.79 Å². The summed E-state index contributed by atoms with van der Waals surface area (Å²) in [5.74, 6) is -0.159. The number of nitrogens with two attached hydrogens (primary N) is 1. The number of aromatic nitrogens is 3. The molecule has 0 fully saturated rings. The maximum atomic E-state index is 12.4. The van der Waals surface area contributed by atoms with Crippen LogP contribution >= 0.6 is 0 Å². The summed E-state index contributed by atoms with van der Waals surface area (Å²) >= 11 is 0. The molecular formula is C17H17N5O. The number of nitrogens with zero attached hydrogens (tertiary/aromatic N) is 3. The number of rotatable bonds is 4. The van der Waals surface area contributed by atoms with E-state index in [9.17, 15) is 4.79 Å². The van der Waals surface area contributed by atoms with Gasteiger partial charge in [-0.2, -0.15) is 4.68 Å². The van der Waals surface area contributed by atoms with Gasteiger partial charge >= 0.3 is 0 Å². The summed E-state index contributed by atoms with van der Waals surface area (Å²) in [4.78, 5) is 12.4. The molecule has 3 N–H and O–H groups in total. The van der Waals surface area contributed by atoms with Gasteiger partial charge in [-0.1, -0.05) is 48.5 Å². The molecule has 0 bridgehead atoms. The lowest BCUT2D eigenvalue weighted by atomic mass is 10.1. The Bertz CT molecular complexity index is 826. The molecule has 6 nitrogen and oxygen atoms in total. The van der Waals surface area contributed by atoms with Gasteiger partial charge in [-0.25, -0.2) is 0 Å². The molecule has 0 aliphatic rings. The first-order valence-electron chi connectivity index (χ1n) is 7.36. The summed E-state index contributed by atoms with van der Waals surface area (Å²) in [6.07, 6.45) is 0.822. The summed E-state index contributed by atoms with van der Waals surface area (Å²) < 4.78 is 1.45. The van der Waals surface area contributed by atoms with Crippen molar-refractivity contribution in [1.82, 2.24) is 15.0 Å². The number of carbonyl (C=O) groups is 1. The second-order valence-electron chi connectivity index (χ2n) is 5.04. The highest BCUT2D eigenvalue weighted by molar-refractivity contribution is 6.06. The molecule has 6 heteroatoms. The lowest BCUT2D eigenvalue weighted by molar-refractivity contribution is 0.102. The van der Waals surface area contributed by atoms with Crippen molar-refractivity contribution in [2.75, 3.05) is 11.1 Å². The van der Waals surface area contributed by atoms with E-state index in [2.05, 4.69) is 15.6 Å². The number of carbonyl (C=O) groups excluding carboxylic acids is 1. The third-order valence-corrected chi connectivity index (χ3v) is 3.57. The van der Waals surface area contributed by atoms with Crippen molar-refractivity contribution in [3.8, 4) is 5.69 Å². The summed E-state index contributed by atoms with van der Waals surface area (Å²) in [7, 11) is 0. The van der Waals surface area contributed by atoms with Gasteiger partial charge in [-0.3, -0.25) is 4.79 Å². The van der Waals surface area contributed by atoms with Crippen LogP contribution in [-0.4, -0.2) is 20.9 Å². The molecule has 1 amide bonds. The first kappa shape index (κ1) is 14.8. The molecule has 0 unspecified atom stereocenters. The predicted molar refractivity (Wildman–Crippen MR) is 89.5 cm³/mol. The van der Waals surface area contributed by atoms with E-state index in [0.29, 0.717) is 0 Å². The van der Waals surface area contributed by atoms with Gasteiger partial charge in [-0.15, -0.1) is 5.10 Å². The van der Waals surface area contributed by atoms with E-state index < -0.39 is 0 Å². The second-order valence-corrected chi connectivity index (χ2v) is 5.04. The van der Waals surface area contributed by atoms with E-state index >= 15 is 0 Å². The maximum absolute atomic E-state index is 12.4. The number of anilines is 2. The van der Waals surface area contributed by atoms with Crippen LogP contribution in [0.25, 0.3) is 5.69 Å². The van der Waals surface area contributed by atoms with Crippen molar-refractivity contribution in [3.63, 3.8) is 0 Å². The molecule has 0 spiro atoms. The van der Waals surface area contributed by atoms with Crippen molar-refractivity contribution in [3.05, 3.63) is 65.9 Å². The zero-order valence-electron chi connectivity index (χ0n) is 12.7.